The van der Waals surface area contributed by atoms with E-state index in [-0.39, 0.29) is 11.9 Å². The third kappa shape index (κ3) is 4.03. The second-order valence-electron chi connectivity index (χ2n) is 6.02. The first-order valence-corrected chi connectivity index (χ1v) is 8.62. The van der Waals surface area contributed by atoms with Crippen LogP contribution in [0.25, 0.3) is 0 Å². The van der Waals surface area contributed by atoms with Crippen LogP contribution in [-0.2, 0) is 0 Å². The first-order valence-electron chi connectivity index (χ1n) is 8.24. The number of aromatic nitrogens is 2. The molecule has 1 N–H and O–H groups in total. The molecule has 1 unspecified atom stereocenters. The number of amides is 1. The fourth-order valence-electron chi connectivity index (χ4n) is 3.08. The SMILES string of the molecule is Cc1nc(Cl)cc(N2CCCCC2CNC(=O)c2ccccc2)n1. The van der Waals surface area contributed by atoms with Crippen LogP contribution in [0.1, 0.15) is 35.4 Å². The van der Waals surface area contributed by atoms with Gasteiger partial charge in [-0.15, -0.1) is 0 Å². The van der Waals surface area contributed by atoms with Crippen LogP contribution in [0, 0.1) is 6.92 Å². The molecule has 1 aromatic heterocycles. The standard InChI is InChI=1S/C18H21ClN4O/c1-13-21-16(19)11-17(22-13)23-10-6-5-9-15(23)12-20-18(24)14-7-3-2-4-8-14/h2-4,7-8,11,15H,5-6,9-10,12H2,1H3,(H,20,24). The largest absolute Gasteiger partial charge is 0.352 e. The molecular formula is C18H21ClN4O. The van der Waals surface area contributed by atoms with Crippen molar-refractivity contribution in [3.05, 3.63) is 52.9 Å². The lowest BCUT2D eigenvalue weighted by Crippen LogP contribution is -2.47. The maximum absolute atomic E-state index is 12.3. The van der Waals surface area contributed by atoms with Crippen LogP contribution in [0.4, 0.5) is 5.82 Å². The molecule has 6 heteroatoms. The molecule has 2 heterocycles. The Morgan fingerprint density at radius 3 is 2.83 bits per heavy atom. The van der Waals surface area contributed by atoms with E-state index in [9.17, 15) is 4.79 Å². The van der Waals surface area contributed by atoms with E-state index in [4.69, 9.17) is 11.6 Å². The van der Waals surface area contributed by atoms with Gasteiger partial charge in [-0.25, -0.2) is 9.97 Å². The van der Waals surface area contributed by atoms with Gasteiger partial charge in [0.2, 0.25) is 0 Å². The third-order valence-electron chi connectivity index (χ3n) is 4.25. The van der Waals surface area contributed by atoms with Gasteiger partial charge in [-0.05, 0) is 38.3 Å². The number of benzene rings is 1. The van der Waals surface area contributed by atoms with Gasteiger partial charge in [-0.3, -0.25) is 4.79 Å². The van der Waals surface area contributed by atoms with Crippen molar-refractivity contribution in [3.8, 4) is 0 Å². The zero-order chi connectivity index (χ0) is 16.9. The minimum atomic E-state index is -0.0435. The molecule has 126 valence electrons. The van der Waals surface area contributed by atoms with Crippen molar-refractivity contribution in [1.29, 1.82) is 0 Å². The minimum Gasteiger partial charge on any atom is -0.352 e. The van der Waals surface area contributed by atoms with Crippen molar-refractivity contribution in [1.82, 2.24) is 15.3 Å². The number of hydrogen-bond donors (Lipinski definition) is 1. The second-order valence-corrected chi connectivity index (χ2v) is 6.40. The molecule has 1 aliphatic rings. The average Bonchev–Trinajstić information content (AvgIpc) is 2.60. The van der Waals surface area contributed by atoms with Gasteiger partial charge in [-0.2, -0.15) is 0 Å². The molecule has 0 bridgehead atoms. The van der Waals surface area contributed by atoms with E-state index in [1.807, 2.05) is 37.3 Å². The van der Waals surface area contributed by atoms with E-state index in [1.165, 1.54) is 0 Å². The van der Waals surface area contributed by atoms with Crippen LogP contribution in [-0.4, -0.2) is 35.0 Å². The molecule has 5 nitrogen and oxygen atoms in total. The number of carbonyl (C=O) groups excluding carboxylic acids is 1. The predicted molar refractivity (Wildman–Crippen MR) is 95.5 cm³/mol. The van der Waals surface area contributed by atoms with E-state index < -0.39 is 0 Å². The Labute approximate surface area is 147 Å². The summed E-state index contributed by atoms with van der Waals surface area (Å²) in [5.74, 6) is 1.46. The lowest BCUT2D eigenvalue weighted by atomic mass is 10.0. The number of hydrogen-bond acceptors (Lipinski definition) is 4. The zero-order valence-electron chi connectivity index (χ0n) is 13.7. The average molecular weight is 345 g/mol. The summed E-state index contributed by atoms with van der Waals surface area (Å²) in [7, 11) is 0. The molecule has 1 aromatic carbocycles. The van der Waals surface area contributed by atoms with Crippen molar-refractivity contribution in [3.63, 3.8) is 0 Å². The number of piperidine rings is 1. The molecule has 1 fully saturated rings. The van der Waals surface area contributed by atoms with E-state index in [0.717, 1.165) is 31.6 Å². The normalized spacial score (nSPS) is 17.6. The lowest BCUT2D eigenvalue weighted by molar-refractivity contribution is 0.0949. The second kappa shape index (κ2) is 7.62. The zero-order valence-corrected chi connectivity index (χ0v) is 14.5. The predicted octanol–water partition coefficient (Wildman–Crippen LogP) is 3.23. The molecule has 3 rings (SSSR count). The topological polar surface area (TPSA) is 58.1 Å². The highest BCUT2D eigenvalue weighted by Gasteiger charge is 2.24. The number of anilines is 1. The molecule has 0 aliphatic carbocycles. The number of carbonyl (C=O) groups is 1. The summed E-state index contributed by atoms with van der Waals surface area (Å²) in [5, 5.41) is 3.49. The molecule has 0 saturated carbocycles. The first kappa shape index (κ1) is 16.7. The number of nitrogens with zero attached hydrogens (tertiary/aromatic N) is 3. The third-order valence-corrected chi connectivity index (χ3v) is 4.44. The Morgan fingerprint density at radius 1 is 1.29 bits per heavy atom. The van der Waals surface area contributed by atoms with Gasteiger partial charge in [0.25, 0.3) is 5.91 Å². The Bertz CT molecular complexity index is 687. The fraction of sp³-hybridized carbons (Fsp3) is 0.389. The van der Waals surface area contributed by atoms with Gasteiger partial charge in [-0.1, -0.05) is 29.8 Å². The van der Waals surface area contributed by atoms with Crippen LogP contribution in [0.2, 0.25) is 5.15 Å². The number of halogens is 1. The molecule has 1 amide bonds. The van der Waals surface area contributed by atoms with E-state index >= 15 is 0 Å². The van der Waals surface area contributed by atoms with Gasteiger partial charge >= 0.3 is 0 Å². The fourth-order valence-corrected chi connectivity index (χ4v) is 3.30. The summed E-state index contributed by atoms with van der Waals surface area (Å²) in [6, 6.07) is 11.3. The minimum absolute atomic E-state index is 0.0435. The highest BCUT2D eigenvalue weighted by Crippen LogP contribution is 2.24. The maximum Gasteiger partial charge on any atom is 0.251 e. The Balaban J connectivity index is 1.69. The summed E-state index contributed by atoms with van der Waals surface area (Å²) < 4.78 is 0. The quantitative estimate of drug-likeness (QED) is 0.865. The molecule has 24 heavy (non-hydrogen) atoms. The van der Waals surface area contributed by atoms with Gasteiger partial charge in [0, 0.05) is 30.8 Å². The highest BCUT2D eigenvalue weighted by molar-refractivity contribution is 6.29. The molecule has 0 spiro atoms. The number of rotatable bonds is 4. The van der Waals surface area contributed by atoms with Gasteiger partial charge in [0.1, 0.15) is 16.8 Å². The number of aryl methyl sites for hydroxylation is 1. The molecule has 2 aromatic rings. The Morgan fingerprint density at radius 2 is 2.08 bits per heavy atom. The van der Waals surface area contributed by atoms with Crippen molar-refractivity contribution in [2.24, 2.45) is 0 Å². The summed E-state index contributed by atoms with van der Waals surface area (Å²) in [5.41, 5.74) is 0.681. The summed E-state index contributed by atoms with van der Waals surface area (Å²) >= 11 is 6.08. The van der Waals surface area contributed by atoms with Crippen LogP contribution >= 0.6 is 11.6 Å². The van der Waals surface area contributed by atoms with Crippen molar-refractivity contribution in [2.75, 3.05) is 18.0 Å². The maximum atomic E-state index is 12.3. The summed E-state index contributed by atoms with van der Waals surface area (Å²) in [4.78, 5) is 23.1. The van der Waals surface area contributed by atoms with Crippen molar-refractivity contribution < 1.29 is 4.79 Å². The van der Waals surface area contributed by atoms with Crippen molar-refractivity contribution >= 4 is 23.3 Å². The Kier molecular flexibility index (Phi) is 5.30. The molecule has 1 atom stereocenters. The highest BCUT2D eigenvalue weighted by atomic mass is 35.5. The van der Waals surface area contributed by atoms with Crippen molar-refractivity contribution in [2.45, 2.75) is 32.2 Å². The lowest BCUT2D eigenvalue weighted by Gasteiger charge is -2.36. The molecular weight excluding hydrogens is 324 g/mol. The first-order chi connectivity index (χ1) is 11.6. The van der Waals surface area contributed by atoms with E-state index in [0.29, 0.717) is 23.1 Å². The van der Waals surface area contributed by atoms with Gasteiger partial charge in [0.05, 0.1) is 0 Å². The van der Waals surface area contributed by atoms with Crippen LogP contribution in [0.5, 0.6) is 0 Å². The van der Waals surface area contributed by atoms with Gasteiger partial charge in [0.15, 0.2) is 0 Å². The molecule has 1 saturated heterocycles. The van der Waals surface area contributed by atoms with Gasteiger partial charge < -0.3 is 10.2 Å². The summed E-state index contributed by atoms with van der Waals surface area (Å²) in [6.07, 6.45) is 3.29. The number of nitrogens with one attached hydrogen (secondary N) is 1. The van der Waals surface area contributed by atoms with Crippen LogP contribution < -0.4 is 10.2 Å². The molecule has 1 aliphatic heterocycles. The smallest absolute Gasteiger partial charge is 0.251 e. The Hall–Kier alpha value is -2.14. The van der Waals surface area contributed by atoms with Crippen LogP contribution in [0.3, 0.4) is 0 Å². The monoisotopic (exact) mass is 344 g/mol. The van der Waals surface area contributed by atoms with E-state index in [2.05, 4.69) is 20.2 Å². The molecule has 0 radical (unpaired) electrons. The van der Waals surface area contributed by atoms with Crippen LogP contribution in [0.15, 0.2) is 36.4 Å². The summed E-state index contributed by atoms with van der Waals surface area (Å²) in [6.45, 7) is 3.35. The van der Waals surface area contributed by atoms with E-state index in [1.54, 1.807) is 6.07 Å².